The minimum absolute atomic E-state index is 0.436. The van der Waals surface area contributed by atoms with Crippen molar-refractivity contribution in [2.24, 2.45) is 0 Å². The first-order valence-corrected chi connectivity index (χ1v) is 7.75. The van der Waals surface area contributed by atoms with Crippen LogP contribution in [0.1, 0.15) is 11.6 Å². The Hall–Kier alpha value is -2.81. The lowest BCUT2D eigenvalue weighted by molar-refractivity contribution is 0.424. The molecule has 0 saturated carbocycles. The second-order valence-electron chi connectivity index (χ2n) is 4.64. The number of aromatic nitrogens is 5. The van der Waals surface area contributed by atoms with Crippen LogP contribution in [0.3, 0.4) is 0 Å². The van der Waals surface area contributed by atoms with Crippen LogP contribution in [-0.2, 0) is 12.3 Å². The third kappa shape index (κ3) is 3.04. The highest BCUT2D eigenvalue weighted by atomic mass is 32.2. The Bertz CT molecular complexity index is 866. The monoisotopic (exact) mass is 329 g/mol. The van der Waals surface area contributed by atoms with Crippen molar-refractivity contribution in [1.29, 1.82) is 0 Å². The maximum atomic E-state index is 5.34. The highest BCUT2D eigenvalue weighted by Gasteiger charge is 2.12. The van der Waals surface area contributed by atoms with E-state index in [1.165, 1.54) is 11.8 Å². The van der Waals surface area contributed by atoms with E-state index in [9.17, 15) is 0 Å². The fourth-order valence-corrected chi connectivity index (χ4v) is 2.74. The number of thioether (sulfide) groups is 1. The van der Waals surface area contributed by atoms with Gasteiger partial charge in [-0.05, 0) is 18.2 Å². The van der Waals surface area contributed by atoms with E-state index in [-0.39, 0.29) is 0 Å². The number of hydrogen-bond acceptors (Lipinski definition) is 8. The van der Waals surface area contributed by atoms with Gasteiger partial charge in [-0.15, -0.1) is 10.2 Å². The molecular formula is C14H11N5O3S. The summed E-state index contributed by atoms with van der Waals surface area (Å²) in [5, 5.41) is 12.7. The zero-order valence-electron chi connectivity index (χ0n) is 11.8. The van der Waals surface area contributed by atoms with Gasteiger partial charge in [-0.3, -0.25) is 0 Å². The Morgan fingerprint density at radius 1 is 1.22 bits per heavy atom. The molecule has 4 rings (SSSR count). The zero-order valence-corrected chi connectivity index (χ0v) is 12.6. The van der Waals surface area contributed by atoms with E-state index in [0.717, 1.165) is 16.5 Å². The first kappa shape index (κ1) is 13.8. The van der Waals surface area contributed by atoms with Crippen LogP contribution in [0.5, 0.6) is 0 Å². The molecule has 0 aliphatic carbocycles. The largest absolute Gasteiger partial charge is 0.472 e. The molecule has 0 atom stereocenters. The average Bonchev–Trinajstić information content (AvgIpc) is 3.34. The van der Waals surface area contributed by atoms with Crippen LogP contribution in [0.4, 0.5) is 0 Å². The minimum Gasteiger partial charge on any atom is -0.472 e. The van der Waals surface area contributed by atoms with E-state index in [1.807, 2.05) is 16.7 Å². The Labute approximate surface area is 134 Å². The molecule has 0 radical (unpaired) electrons. The van der Waals surface area contributed by atoms with Gasteiger partial charge in [0, 0.05) is 0 Å². The number of nitrogens with zero attached hydrogens (tertiary/aromatic N) is 5. The summed E-state index contributed by atoms with van der Waals surface area (Å²) >= 11 is 1.48. The van der Waals surface area contributed by atoms with Gasteiger partial charge in [0.05, 0.1) is 30.4 Å². The van der Waals surface area contributed by atoms with Crippen LogP contribution < -0.4 is 0 Å². The molecule has 0 aliphatic heterocycles. The number of rotatable bonds is 6. The normalized spacial score (nSPS) is 11.1. The van der Waals surface area contributed by atoms with Crippen LogP contribution in [0.15, 0.2) is 61.8 Å². The fraction of sp³-hybridized carbons (Fsp3) is 0.143. The molecule has 0 aromatic carbocycles. The summed E-state index contributed by atoms with van der Waals surface area (Å²) < 4.78 is 17.4. The summed E-state index contributed by atoms with van der Waals surface area (Å²) in [5.41, 5.74) is 0.759. The second-order valence-corrected chi connectivity index (χ2v) is 5.58. The van der Waals surface area contributed by atoms with Gasteiger partial charge in [0.15, 0.2) is 11.0 Å². The predicted molar refractivity (Wildman–Crippen MR) is 79.4 cm³/mol. The Balaban J connectivity index is 1.43. The third-order valence-corrected chi connectivity index (χ3v) is 4.03. The predicted octanol–water partition coefficient (Wildman–Crippen LogP) is 2.85. The van der Waals surface area contributed by atoms with Crippen LogP contribution in [0.2, 0.25) is 0 Å². The van der Waals surface area contributed by atoms with Crippen molar-refractivity contribution in [2.45, 2.75) is 17.5 Å². The molecular weight excluding hydrogens is 318 g/mol. The molecule has 0 fully saturated rings. The Morgan fingerprint density at radius 3 is 3.04 bits per heavy atom. The Kier molecular flexibility index (Phi) is 3.68. The van der Waals surface area contributed by atoms with Crippen LogP contribution in [0, 0.1) is 0 Å². The van der Waals surface area contributed by atoms with Crippen molar-refractivity contribution in [1.82, 2.24) is 24.9 Å². The zero-order chi connectivity index (χ0) is 15.5. The smallest absolute Gasteiger partial charge is 0.261 e. The van der Waals surface area contributed by atoms with Crippen LogP contribution in [-0.4, -0.2) is 24.9 Å². The SMILES string of the molecule is c1coc(Cn2cnnc2SCc2noc(-c3ccoc3)n2)c1. The van der Waals surface area contributed by atoms with Gasteiger partial charge in [-0.1, -0.05) is 16.9 Å². The molecule has 116 valence electrons. The molecule has 8 nitrogen and oxygen atoms in total. The molecule has 4 aromatic heterocycles. The van der Waals surface area contributed by atoms with Gasteiger partial charge in [-0.25, -0.2) is 0 Å². The highest BCUT2D eigenvalue weighted by molar-refractivity contribution is 7.98. The van der Waals surface area contributed by atoms with E-state index in [2.05, 4.69) is 20.3 Å². The molecule has 4 aromatic rings. The quantitative estimate of drug-likeness (QED) is 0.498. The van der Waals surface area contributed by atoms with Gasteiger partial charge in [0.2, 0.25) is 0 Å². The lowest BCUT2D eigenvalue weighted by atomic mass is 10.3. The molecule has 0 N–H and O–H groups in total. The first-order valence-electron chi connectivity index (χ1n) is 6.76. The van der Waals surface area contributed by atoms with Crippen molar-refractivity contribution in [3.63, 3.8) is 0 Å². The number of furan rings is 2. The first-order chi connectivity index (χ1) is 11.4. The van der Waals surface area contributed by atoms with E-state index in [4.69, 9.17) is 13.4 Å². The van der Waals surface area contributed by atoms with E-state index in [1.54, 1.807) is 31.2 Å². The second kappa shape index (κ2) is 6.13. The number of hydrogen-bond donors (Lipinski definition) is 0. The molecule has 0 amide bonds. The van der Waals surface area contributed by atoms with Crippen molar-refractivity contribution < 1.29 is 13.4 Å². The van der Waals surface area contributed by atoms with Gasteiger partial charge < -0.3 is 17.9 Å². The molecule has 0 aliphatic rings. The van der Waals surface area contributed by atoms with E-state index in [0.29, 0.717) is 24.0 Å². The van der Waals surface area contributed by atoms with Crippen molar-refractivity contribution in [3.8, 4) is 11.5 Å². The summed E-state index contributed by atoms with van der Waals surface area (Å²) in [6.45, 7) is 0.578. The standard InChI is InChI=1S/C14H11N5O3S/c1-2-11(21-4-1)6-19-9-15-17-14(19)23-8-12-16-13(22-18-12)10-3-5-20-7-10/h1-5,7,9H,6,8H2. The molecule has 9 heteroatoms. The Morgan fingerprint density at radius 2 is 2.22 bits per heavy atom. The van der Waals surface area contributed by atoms with Crippen molar-refractivity contribution >= 4 is 11.8 Å². The van der Waals surface area contributed by atoms with Crippen LogP contribution in [0.25, 0.3) is 11.5 Å². The van der Waals surface area contributed by atoms with Crippen molar-refractivity contribution in [2.75, 3.05) is 0 Å². The molecule has 0 bridgehead atoms. The molecule has 0 saturated heterocycles. The summed E-state index contributed by atoms with van der Waals surface area (Å²) in [7, 11) is 0. The maximum absolute atomic E-state index is 5.34. The molecule has 0 unspecified atom stereocenters. The van der Waals surface area contributed by atoms with Gasteiger partial charge in [0.25, 0.3) is 5.89 Å². The van der Waals surface area contributed by atoms with Crippen LogP contribution >= 0.6 is 11.8 Å². The minimum atomic E-state index is 0.436. The van der Waals surface area contributed by atoms with Crippen molar-refractivity contribution in [3.05, 3.63) is 54.9 Å². The van der Waals surface area contributed by atoms with E-state index >= 15 is 0 Å². The average molecular weight is 329 g/mol. The molecule has 23 heavy (non-hydrogen) atoms. The summed E-state index contributed by atoms with van der Waals surface area (Å²) in [4.78, 5) is 4.32. The van der Waals surface area contributed by atoms with E-state index < -0.39 is 0 Å². The highest BCUT2D eigenvalue weighted by Crippen LogP contribution is 2.22. The van der Waals surface area contributed by atoms with Gasteiger partial charge in [0.1, 0.15) is 18.4 Å². The topological polar surface area (TPSA) is 95.9 Å². The summed E-state index contributed by atoms with van der Waals surface area (Å²) in [5.74, 6) is 2.39. The summed E-state index contributed by atoms with van der Waals surface area (Å²) in [6.07, 6.45) is 6.43. The molecule has 0 spiro atoms. The summed E-state index contributed by atoms with van der Waals surface area (Å²) in [6, 6.07) is 5.53. The maximum Gasteiger partial charge on any atom is 0.261 e. The van der Waals surface area contributed by atoms with Gasteiger partial charge >= 0.3 is 0 Å². The molecule has 4 heterocycles. The third-order valence-electron chi connectivity index (χ3n) is 3.05. The lowest BCUT2D eigenvalue weighted by Gasteiger charge is -2.02. The van der Waals surface area contributed by atoms with Gasteiger partial charge in [-0.2, -0.15) is 4.98 Å². The lowest BCUT2D eigenvalue weighted by Crippen LogP contribution is -1.99. The fourth-order valence-electron chi connectivity index (χ4n) is 1.98.